The average Bonchev–Trinajstić information content (AvgIpc) is 2.02. The van der Waals surface area contributed by atoms with Gasteiger partial charge in [-0.2, -0.15) is 23.7 Å². The highest BCUT2D eigenvalue weighted by atomic mass is 32.8. The van der Waals surface area contributed by atoms with Gasteiger partial charge in [-0.05, 0) is 93.8 Å². The Morgan fingerprint density at radius 3 is 1.58 bits per heavy atom. The number of aliphatic hydroxyl groups excluding tert-OH is 2. The molecule has 2 saturated heterocycles. The Kier molecular flexibility index (Phi) is 20.4. The van der Waals surface area contributed by atoms with Gasteiger partial charge in [-0.3, -0.25) is 29.1 Å². The minimum absolute atomic E-state index is 0. The molecule has 0 spiro atoms. The monoisotopic (exact) mass is 1230 g/mol. The fourth-order valence-corrected chi connectivity index (χ4v) is 10.9. The molecule has 0 aliphatic carbocycles. The van der Waals surface area contributed by atoms with Crippen LogP contribution in [0.25, 0.3) is 55.4 Å². The van der Waals surface area contributed by atoms with Gasteiger partial charge in [-0.15, -0.1) is 0 Å². The van der Waals surface area contributed by atoms with Crippen molar-refractivity contribution in [2.24, 2.45) is 11.5 Å². The summed E-state index contributed by atoms with van der Waals surface area (Å²) >= 11 is 7.33. The van der Waals surface area contributed by atoms with Gasteiger partial charge in [0.15, 0.2) is 11.3 Å². The van der Waals surface area contributed by atoms with Crippen LogP contribution in [0.1, 0.15) is 67.7 Å². The summed E-state index contributed by atoms with van der Waals surface area (Å²) in [6, 6.07) is 25.2. The molecular weight excluding hydrogens is 1160 g/mol. The van der Waals surface area contributed by atoms with Crippen LogP contribution in [0.15, 0.2) is 122 Å². The fourth-order valence-electron chi connectivity index (χ4n) is 10.9. The molecule has 448 valence electrons. The molecule has 6 atom stereocenters. The van der Waals surface area contributed by atoms with Crippen molar-refractivity contribution in [1.29, 1.82) is 0 Å². The van der Waals surface area contributed by atoms with Crippen LogP contribution in [0.2, 0.25) is 0 Å². The quantitative estimate of drug-likeness (QED) is 0.0733. The first-order valence-electron chi connectivity index (χ1n) is 27.1. The zero-order valence-corrected chi connectivity index (χ0v) is 49.9. The number of fused-ring (bicyclic) bond motifs is 4. The molecule has 2 aliphatic rings. The van der Waals surface area contributed by atoms with E-state index in [0.29, 0.717) is 46.9 Å². The highest BCUT2D eigenvalue weighted by Crippen LogP contribution is 2.32. The van der Waals surface area contributed by atoms with E-state index in [1.807, 2.05) is 113 Å². The van der Waals surface area contributed by atoms with E-state index in [2.05, 4.69) is 57.8 Å². The second-order valence-corrected chi connectivity index (χ2v) is 21.2. The number of pyridine rings is 2. The molecule has 10 heterocycles. The van der Waals surface area contributed by atoms with Crippen LogP contribution in [-0.2, 0) is 57.9 Å². The first-order chi connectivity index (χ1) is 40.7. The molecule has 26 heteroatoms. The summed E-state index contributed by atoms with van der Waals surface area (Å²) in [4.78, 5) is 67.7. The average molecular weight is 1230 g/mol. The van der Waals surface area contributed by atoms with Crippen LogP contribution in [0, 0.1) is 27.7 Å². The number of carbonyl (C=O) groups is 4. The number of nitrogens with one attached hydrogen (secondary N) is 1. The number of benzene rings is 2. The largest absolute Gasteiger partial charge is 0.480 e. The molecule has 0 radical (unpaired) electrons. The topological polar surface area (TPSA) is 292 Å². The fraction of sp³-hybridized carbons (Fsp3) is 0.300. The molecule has 2 aliphatic heterocycles. The highest BCUT2D eigenvalue weighted by Gasteiger charge is 2.40. The maximum Gasteiger partial charge on any atom is 0.323 e. The van der Waals surface area contributed by atoms with Crippen molar-refractivity contribution in [1.82, 2.24) is 58.5 Å². The molecule has 2 fully saturated rings. The van der Waals surface area contributed by atoms with E-state index < -0.39 is 48.4 Å². The molecule has 3 amide bonds. The van der Waals surface area contributed by atoms with Crippen molar-refractivity contribution in [3.63, 3.8) is 0 Å². The number of aromatic nitrogens is 10. The van der Waals surface area contributed by atoms with E-state index >= 15 is 0 Å². The van der Waals surface area contributed by atoms with E-state index in [4.69, 9.17) is 16.6 Å². The second-order valence-electron chi connectivity index (χ2n) is 21.2. The van der Waals surface area contributed by atoms with Crippen molar-refractivity contribution in [2.45, 2.75) is 103 Å². The van der Waals surface area contributed by atoms with Crippen molar-refractivity contribution in [3.05, 3.63) is 167 Å². The van der Waals surface area contributed by atoms with Gasteiger partial charge in [-0.25, -0.2) is 27.8 Å². The molecule has 2 unspecified atom stereocenters. The number of aliphatic carboxylic acids is 1. The summed E-state index contributed by atoms with van der Waals surface area (Å²) in [7, 11) is 0. The normalized spacial score (nSPS) is 17.0. The molecule has 0 saturated carbocycles. The molecule has 86 heavy (non-hydrogen) atoms. The number of amides is 3. The number of likely N-dealkylation sites (tertiary alicyclic amines) is 1. The number of nitrogens with zero attached hydrogens (tertiary/aromatic N) is 11. The van der Waals surface area contributed by atoms with Crippen molar-refractivity contribution < 1.29 is 43.3 Å². The molecule has 12 rings (SSSR count). The number of carboxylic acid groups (broad SMARTS) is 1. The summed E-state index contributed by atoms with van der Waals surface area (Å²) in [6.45, 7) is 7.43. The number of rotatable bonds is 14. The van der Waals surface area contributed by atoms with Gasteiger partial charge >= 0.3 is 5.97 Å². The number of carboxylic acids is 1. The number of aliphatic hydroxyl groups is 2. The summed E-state index contributed by atoms with van der Waals surface area (Å²) in [5, 5.41) is 42.9. The Labute approximate surface area is 509 Å². The predicted octanol–water partition coefficient (Wildman–Crippen LogP) is 5.95. The Morgan fingerprint density at radius 1 is 0.640 bits per heavy atom. The molecule has 8 aromatic heterocycles. The molecule has 0 bridgehead atoms. The van der Waals surface area contributed by atoms with Crippen molar-refractivity contribution >= 4 is 92.7 Å². The van der Waals surface area contributed by atoms with Crippen LogP contribution in [0.3, 0.4) is 0 Å². The zero-order valence-electron chi connectivity index (χ0n) is 47.3. The van der Waals surface area contributed by atoms with Gasteiger partial charge < -0.3 is 46.1 Å². The number of hydrogen-bond acceptors (Lipinski definition) is 15. The van der Waals surface area contributed by atoms with Crippen molar-refractivity contribution in [2.75, 3.05) is 13.1 Å². The van der Waals surface area contributed by atoms with Crippen LogP contribution in [-0.4, -0.2) is 142 Å². The molecular formula is C60H64F2N14O7S3. The van der Waals surface area contributed by atoms with Crippen LogP contribution in [0.4, 0.5) is 8.78 Å². The predicted molar refractivity (Wildman–Crippen MR) is 331 cm³/mol. The van der Waals surface area contributed by atoms with Gasteiger partial charge in [-0.1, -0.05) is 24.3 Å². The summed E-state index contributed by atoms with van der Waals surface area (Å²) in [5.41, 5.74) is 22.7. The van der Waals surface area contributed by atoms with Crippen LogP contribution >= 0.6 is 13.5 Å². The molecule has 8 N–H and O–H groups in total. The third-order valence-electron chi connectivity index (χ3n) is 14.8. The number of aryl methyl sites for hydroxylation is 4. The SMILES string of the molecule is Cc1cc2ncc(-c3ccc4c(c3)c(C(N)=O)cn4CC(=O)O)cn2n1.Cc1cccc(CC(O)[C@H]2C[C@@H](F)CN2C(=O)Cn2cc(C(N)=O)c3cc(-c4cnc5cc(C)nn5c4)ccc32)n1.Cc1cccc(C[C@H](O)C2C[C@@H](F)CN2)n1.S.S=S. The van der Waals surface area contributed by atoms with Gasteiger partial charge in [0, 0.05) is 159 Å². The van der Waals surface area contributed by atoms with E-state index in [1.54, 1.807) is 44.3 Å². The summed E-state index contributed by atoms with van der Waals surface area (Å²) in [5.74, 6) is -2.58. The van der Waals surface area contributed by atoms with Gasteiger partial charge in [0.05, 0.1) is 47.3 Å². The number of nitrogens with two attached hydrogens (primary N) is 2. The van der Waals surface area contributed by atoms with E-state index in [1.165, 1.54) is 15.7 Å². The Hall–Kier alpha value is -8.53. The minimum atomic E-state index is -1.24. The van der Waals surface area contributed by atoms with E-state index in [9.17, 15) is 38.2 Å². The standard InChI is InChI=1S/C30H30FN7O3.C18H15N5O3.C12H17FN2O.S2.H2S/c1-17-4-3-5-22(34-17)11-27(39)26-10-21(31)14-37(26)29(40)16-36-15-24(30(32)41)23-9-19(6-7-25(23)36)20-12-33-28-8-18(2)35-38(28)13-20;1-10-4-16-20-6-12(7-23(16)21-10)11-2-3-15-13(5-11)14(18(19)26)8-22(15)9-17(24)25;1-8-3-2-4-10(15-8)6-12(16)11-5-9(13)7-14-11;1-2;/h3-9,12-13,15,21,26-27,39H,10-11,14,16H2,1-2H3,(H2,32,41);2-8H,9H2,1H3,(H2,19,26)(H,24,25);2-4,9,11-12,14,16H,5-7H2,1H3;;1H2/t21-,26-,27?;;9-,11?,12+;;/m1.1../s1. The summed E-state index contributed by atoms with van der Waals surface area (Å²) in [6.07, 6.45) is 7.76. The lowest BCUT2D eigenvalue weighted by Crippen LogP contribution is -2.45. The third-order valence-corrected chi connectivity index (χ3v) is 14.8. The third kappa shape index (κ3) is 14.7. The lowest BCUT2D eigenvalue weighted by atomic mass is 10.0. The molecule has 2 aromatic carbocycles. The number of carbonyl (C=O) groups excluding carboxylic acids is 3. The number of alkyl halides is 2. The lowest BCUT2D eigenvalue weighted by molar-refractivity contribution is -0.137. The number of primary amides is 2. The maximum absolute atomic E-state index is 14.6. The zero-order chi connectivity index (χ0) is 60.8. The number of halogens is 2. The smallest absolute Gasteiger partial charge is 0.323 e. The lowest BCUT2D eigenvalue weighted by Gasteiger charge is -2.28. The number of hydrogen-bond donors (Lipinski definition) is 6. The van der Waals surface area contributed by atoms with Gasteiger partial charge in [0.2, 0.25) is 5.91 Å². The second kappa shape index (κ2) is 27.7. The van der Waals surface area contributed by atoms with E-state index in [0.717, 1.165) is 62.0 Å². The van der Waals surface area contributed by atoms with Crippen LogP contribution < -0.4 is 16.8 Å². The van der Waals surface area contributed by atoms with Crippen LogP contribution in [0.5, 0.6) is 0 Å². The van der Waals surface area contributed by atoms with Gasteiger partial charge in [0.25, 0.3) is 11.8 Å². The first-order valence-corrected chi connectivity index (χ1v) is 28.5. The van der Waals surface area contributed by atoms with Crippen molar-refractivity contribution in [3.8, 4) is 22.3 Å². The molecule has 21 nitrogen and oxygen atoms in total. The van der Waals surface area contributed by atoms with Gasteiger partial charge in [0.1, 0.15) is 25.4 Å². The maximum atomic E-state index is 14.6. The highest BCUT2D eigenvalue weighted by molar-refractivity contribution is 8.07. The Bertz CT molecular complexity index is 4120. The van der Waals surface area contributed by atoms with E-state index in [-0.39, 0.29) is 69.0 Å². The first kappa shape index (κ1) is 63.5. The Balaban J connectivity index is 0.000000182. The molecule has 10 aromatic rings. The minimum Gasteiger partial charge on any atom is -0.480 e. The summed E-state index contributed by atoms with van der Waals surface area (Å²) < 4.78 is 34.0. The Morgan fingerprint density at radius 2 is 1.13 bits per heavy atom.